The van der Waals surface area contributed by atoms with Crippen LogP contribution in [0.4, 0.5) is 16.2 Å². The minimum absolute atomic E-state index is 0.00829. The molecule has 2 aromatic heterocycles. The molecule has 0 radical (unpaired) electrons. The lowest BCUT2D eigenvalue weighted by Gasteiger charge is -2.29. The normalized spacial score (nSPS) is 13.7. The fourth-order valence-corrected chi connectivity index (χ4v) is 8.16. The van der Waals surface area contributed by atoms with E-state index in [2.05, 4.69) is 27.4 Å². The molecule has 1 amide bonds. The first kappa shape index (κ1) is 52.5. The zero-order valence-corrected chi connectivity index (χ0v) is 41.8. The summed E-state index contributed by atoms with van der Waals surface area (Å²) in [6, 6.07) is 32.8. The predicted molar refractivity (Wildman–Crippen MR) is 279 cm³/mol. The molecular formula is C57H62N10O6. The molecule has 73 heavy (non-hydrogen) atoms. The van der Waals surface area contributed by atoms with Crippen molar-refractivity contribution < 1.29 is 29.2 Å². The quantitative estimate of drug-likeness (QED) is 0.0312. The zero-order valence-electron chi connectivity index (χ0n) is 41.8. The van der Waals surface area contributed by atoms with Crippen molar-refractivity contribution in [3.05, 3.63) is 176 Å². The number of amides is 1. The summed E-state index contributed by atoms with van der Waals surface area (Å²) in [5.41, 5.74) is 20.1. The molecule has 4 aromatic carbocycles. The average Bonchev–Trinajstić information content (AvgIpc) is 4.32. The maximum atomic E-state index is 13.4. The first-order chi connectivity index (χ1) is 34.9. The van der Waals surface area contributed by atoms with Crippen molar-refractivity contribution in [2.24, 2.45) is 23.3 Å². The third-order valence-corrected chi connectivity index (χ3v) is 12.4. The Kier molecular flexibility index (Phi) is 16.7. The Labute approximate surface area is 426 Å². The summed E-state index contributed by atoms with van der Waals surface area (Å²) in [5.74, 6) is 1.42. The van der Waals surface area contributed by atoms with E-state index in [-0.39, 0.29) is 43.3 Å². The van der Waals surface area contributed by atoms with Crippen molar-refractivity contribution in [2.45, 2.75) is 104 Å². The lowest BCUT2D eigenvalue weighted by Crippen LogP contribution is -2.37. The zero-order chi connectivity index (χ0) is 52.4. The Morgan fingerprint density at radius 3 is 1.78 bits per heavy atom. The number of amidine groups is 2. The topological polar surface area (TPSA) is 274 Å². The second kappa shape index (κ2) is 23.3. The van der Waals surface area contributed by atoms with Gasteiger partial charge in [-0.1, -0.05) is 30.3 Å². The molecule has 2 saturated carbocycles. The molecule has 2 atom stereocenters. The van der Waals surface area contributed by atoms with Crippen molar-refractivity contribution in [3.63, 3.8) is 0 Å². The number of nitrogens with two attached hydrogens (primary N) is 2. The Bertz CT molecular complexity index is 3040. The van der Waals surface area contributed by atoms with Crippen LogP contribution in [0.25, 0.3) is 0 Å². The largest absolute Gasteiger partial charge is 0.487 e. The van der Waals surface area contributed by atoms with Crippen LogP contribution in [-0.2, 0) is 31.0 Å². The molecule has 6 aromatic rings. The number of carbonyl (C=O) groups excluding carboxylic acids is 1. The molecule has 0 bridgehead atoms. The van der Waals surface area contributed by atoms with E-state index in [1.165, 1.54) is 4.90 Å². The van der Waals surface area contributed by atoms with E-state index in [1.54, 1.807) is 93.8 Å². The van der Waals surface area contributed by atoms with Crippen molar-refractivity contribution in [2.75, 3.05) is 10.2 Å². The van der Waals surface area contributed by atoms with E-state index in [4.69, 9.17) is 36.5 Å². The van der Waals surface area contributed by atoms with E-state index in [1.807, 2.05) is 50.2 Å². The third kappa shape index (κ3) is 14.0. The molecule has 2 unspecified atom stereocenters. The van der Waals surface area contributed by atoms with Gasteiger partial charge in [-0.15, -0.1) is 0 Å². The number of hydrogen-bond donors (Lipinski definition) is 7. The Hall–Kier alpha value is -8.31. The molecule has 376 valence electrons. The molecule has 16 heteroatoms. The number of ether oxygens (including phenoxy) is 3. The van der Waals surface area contributed by atoms with Crippen LogP contribution in [0, 0.1) is 59.2 Å². The van der Waals surface area contributed by atoms with E-state index in [9.17, 15) is 25.5 Å². The molecule has 16 nitrogen and oxygen atoms in total. The van der Waals surface area contributed by atoms with Gasteiger partial charge < -0.3 is 41.2 Å². The summed E-state index contributed by atoms with van der Waals surface area (Å²) < 4.78 is 18.2. The molecule has 2 heterocycles. The van der Waals surface area contributed by atoms with Gasteiger partial charge in [-0.05, 0) is 161 Å². The highest BCUT2D eigenvalue weighted by Crippen LogP contribution is 2.47. The standard InChI is InChI=1S/C31H32N4O4.C26H30N6O2/c1-20-29(38-19-23-7-5-6-22(14-23)16-33)27(28(36)24-10-11-24)25(17-34-20)18-35(30(37)39-31(2,3)4)26-12-8-21(15-32)9-13-26;1-15-24(34-14-16-3-2-4-19(11-16)26(29)30)22(23(33)17-5-6-17)20(12-31-15)13-32-21-9-7-18(8-10-21)25(27)28/h5-9,12-14,17,24,28,36H,10-11,18-19H2,1-4H3;2-4,7-12,17,23,32-33H,5-6,13-14H2,1H3,(H3,27,28)(H3,29,30). The molecule has 0 aliphatic heterocycles. The average molecular weight is 983 g/mol. The lowest BCUT2D eigenvalue weighted by atomic mass is 9.98. The van der Waals surface area contributed by atoms with Crippen molar-refractivity contribution in [1.29, 1.82) is 21.3 Å². The second-order valence-corrected chi connectivity index (χ2v) is 19.4. The highest BCUT2D eigenvalue weighted by Gasteiger charge is 2.37. The maximum Gasteiger partial charge on any atom is 0.415 e. The number of nitrogen functional groups attached to an aromatic ring is 2. The van der Waals surface area contributed by atoms with Crippen LogP contribution < -0.4 is 31.2 Å². The van der Waals surface area contributed by atoms with Gasteiger partial charge in [-0.2, -0.15) is 10.5 Å². The summed E-state index contributed by atoms with van der Waals surface area (Å²) in [6.45, 7) is 10.1. The van der Waals surface area contributed by atoms with Crippen molar-refractivity contribution in [1.82, 2.24) is 9.97 Å². The van der Waals surface area contributed by atoms with Gasteiger partial charge in [-0.3, -0.25) is 25.7 Å². The number of pyridine rings is 2. The molecule has 2 aliphatic carbocycles. The highest BCUT2D eigenvalue weighted by molar-refractivity contribution is 5.95. The predicted octanol–water partition coefficient (Wildman–Crippen LogP) is 9.69. The maximum absolute atomic E-state index is 13.4. The van der Waals surface area contributed by atoms with E-state index in [0.29, 0.717) is 68.5 Å². The number of aromatic nitrogens is 2. The molecule has 9 N–H and O–H groups in total. The Morgan fingerprint density at radius 1 is 0.740 bits per heavy atom. The molecule has 8 rings (SSSR count). The molecule has 2 fully saturated rings. The number of carbonyl (C=O) groups is 1. The van der Waals surface area contributed by atoms with Crippen LogP contribution in [0.2, 0.25) is 0 Å². The van der Waals surface area contributed by atoms with E-state index < -0.39 is 23.9 Å². The van der Waals surface area contributed by atoms with Gasteiger partial charge in [0, 0.05) is 52.6 Å². The van der Waals surface area contributed by atoms with Crippen molar-refractivity contribution in [3.8, 4) is 23.6 Å². The lowest BCUT2D eigenvalue weighted by molar-refractivity contribution is 0.0576. The van der Waals surface area contributed by atoms with Crippen LogP contribution in [0.3, 0.4) is 0 Å². The van der Waals surface area contributed by atoms with Crippen LogP contribution in [0.1, 0.15) is 126 Å². The Morgan fingerprint density at radius 2 is 1.26 bits per heavy atom. The number of aliphatic hydroxyl groups is 2. The smallest absolute Gasteiger partial charge is 0.415 e. The number of anilines is 2. The van der Waals surface area contributed by atoms with Crippen molar-refractivity contribution >= 4 is 29.1 Å². The van der Waals surface area contributed by atoms with E-state index >= 15 is 0 Å². The highest BCUT2D eigenvalue weighted by atomic mass is 16.6. The number of nitrogens with one attached hydrogen (secondary N) is 3. The first-order valence-electron chi connectivity index (χ1n) is 24.1. The molecule has 0 saturated heterocycles. The monoisotopic (exact) mass is 982 g/mol. The van der Waals surface area contributed by atoms with Gasteiger partial charge in [-0.25, -0.2) is 4.79 Å². The van der Waals surface area contributed by atoms with Gasteiger partial charge in [0.15, 0.2) is 0 Å². The number of rotatable bonds is 18. The fourth-order valence-electron chi connectivity index (χ4n) is 8.16. The van der Waals surface area contributed by atoms with Crippen LogP contribution in [0.15, 0.2) is 109 Å². The van der Waals surface area contributed by atoms with Crippen LogP contribution in [-0.4, -0.2) is 43.5 Å². The van der Waals surface area contributed by atoms with Gasteiger partial charge in [0.2, 0.25) is 0 Å². The number of hydrogen-bond acceptors (Lipinski definition) is 13. The summed E-state index contributed by atoms with van der Waals surface area (Å²) in [4.78, 5) is 23.9. The molecular weight excluding hydrogens is 921 g/mol. The number of nitriles is 2. The summed E-state index contributed by atoms with van der Waals surface area (Å²) >= 11 is 0. The van der Waals surface area contributed by atoms with Crippen LogP contribution in [0.5, 0.6) is 11.5 Å². The number of nitrogens with zero attached hydrogens (tertiary/aromatic N) is 5. The van der Waals surface area contributed by atoms with Gasteiger partial charge >= 0.3 is 6.09 Å². The minimum Gasteiger partial charge on any atom is -0.487 e. The number of aryl methyl sites for hydroxylation is 2. The third-order valence-electron chi connectivity index (χ3n) is 12.4. The van der Waals surface area contributed by atoms with Gasteiger partial charge in [0.1, 0.15) is 42.0 Å². The summed E-state index contributed by atoms with van der Waals surface area (Å²) in [7, 11) is 0. The Balaban J connectivity index is 0.000000216. The van der Waals surface area contributed by atoms with E-state index in [0.717, 1.165) is 53.6 Å². The van der Waals surface area contributed by atoms with Gasteiger partial charge in [0.05, 0.1) is 53.4 Å². The SMILES string of the molecule is Cc1ncc(CN(C(=O)OC(C)(C)C)c2ccc(C#N)cc2)c(C(O)C2CC2)c1OCc1cccc(C#N)c1.Cc1ncc(CNc2ccc(C(=N)N)cc2)c(C(O)C2CC2)c1OCc1cccc(C(=N)N)c1. The second-order valence-electron chi connectivity index (χ2n) is 19.4. The fraction of sp³-hybridized carbons (Fsp3) is 0.316. The summed E-state index contributed by atoms with van der Waals surface area (Å²) in [6.07, 6.45) is 5.26. The number of benzene rings is 4. The summed E-state index contributed by atoms with van der Waals surface area (Å²) in [5, 5.41) is 59.5. The minimum atomic E-state index is -0.788. The number of aliphatic hydroxyl groups excluding tert-OH is 2. The van der Waals surface area contributed by atoms with Gasteiger partial charge in [0.25, 0.3) is 0 Å². The first-order valence-corrected chi connectivity index (χ1v) is 24.1. The van der Waals surface area contributed by atoms with Crippen LogP contribution >= 0.6 is 0 Å². The molecule has 0 spiro atoms. The molecule has 2 aliphatic rings.